The average Bonchev–Trinajstić information content (AvgIpc) is 2.94. The van der Waals surface area contributed by atoms with E-state index >= 15 is 0 Å². The molecule has 126 valence electrons. The van der Waals surface area contributed by atoms with Gasteiger partial charge >= 0.3 is 0 Å². The fraction of sp³-hybridized carbons (Fsp3) is 0.389. The van der Waals surface area contributed by atoms with Crippen molar-refractivity contribution in [2.75, 3.05) is 13.1 Å². The predicted molar refractivity (Wildman–Crippen MR) is 90.4 cm³/mol. The number of hydrogen-bond acceptors (Lipinski definition) is 3. The number of benzene rings is 1. The molecule has 2 aromatic rings. The SMILES string of the molecule is CC(=O)c1cn(CC(=O)N2CCC(C(N)=O)CC2)c2ccccc12. The Morgan fingerprint density at radius 3 is 2.46 bits per heavy atom. The van der Waals surface area contributed by atoms with Gasteiger partial charge in [0.25, 0.3) is 0 Å². The average molecular weight is 327 g/mol. The molecular formula is C18H21N3O3. The largest absolute Gasteiger partial charge is 0.369 e. The third kappa shape index (κ3) is 3.04. The molecule has 0 aliphatic carbocycles. The lowest BCUT2D eigenvalue weighted by Gasteiger charge is -2.30. The van der Waals surface area contributed by atoms with E-state index in [1.807, 2.05) is 28.8 Å². The Kier molecular flexibility index (Phi) is 4.38. The number of piperidine rings is 1. The highest BCUT2D eigenvalue weighted by Crippen LogP contribution is 2.23. The number of amides is 2. The molecule has 1 aliphatic rings. The zero-order chi connectivity index (χ0) is 17.3. The molecule has 0 atom stereocenters. The van der Waals surface area contributed by atoms with Crippen LogP contribution in [0.2, 0.25) is 0 Å². The van der Waals surface area contributed by atoms with Crippen molar-refractivity contribution in [3.8, 4) is 0 Å². The fourth-order valence-electron chi connectivity index (χ4n) is 3.32. The summed E-state index contributed by atoms with van der Waals surface area (Å²) in [5.41, 5.74) is 6.84. The number of fused-ring (bicyclic) bond motifs is 1. The summed E-state index contributed by atoms with van der Waals surface area (Å²) in [6, 6.07) is 7.58. The maximum atomic E-state index is 12.6. The molecule has 1 aromatic carbocycles. The van der Waals surface area contributed by atoms with Gasteiger partial charge in [-0.2, -0.15) is 0 Å². The van der Waals surface area contributed by atoms with Crippen LogP contribution in [0.4, 0.5) is 0 Å². The summed E-state index contributed by atoms with van der Waals surface area (Å²) in [7, 11) is 0. The van der Waals surface area contributed by atoms with Gasteiger partial charge in [-0.25, -0.2) is 0 Å². The Morgan fingerprint density at radius 1 is 1.17 bits per heavy atom. The van der Waals surface area contributed by atoms with E-state index in [1.54, 1.807) is 11.1 Å². The van der Waals surface area contributed by atoms with E-state index in [-0.39, 0.29) is 30.1 Å². The minimum Gasteiger partial charge on any atom is -0.369 e. The highest BCUT2D eigenvalue weighted by Gasteiger charge is 2.26. The minimum absolute atomic E-state index is 0.00576. The van der Waals surface area contributed by atoms with Crippen LogP contribution < -0.4 is 5.73 Å². The molecule has 1 saturated heterocycles. The topological polar surface area (TPSA) is 85.4 Å². The van der Waals surface area contributed by atoms with E-state index in [1.165, 1.54) is 6.92 Å². The number of Topliss-reactive ketones (excluding diaryl/α,β-unsaturated/α-hetero) is 1. The summed E-state index contributed by atoms with van der Waals surface area (Å²) in [6.07, 6.45) is 2.99. The first-order chi connectivity index (χ1) is 11.5. The summed E-state index contributed by atoms with van der Waals surface area (Å²) in [5.74, 6) is -0.441. The molecule has 24 heavy (non-hydrogen) atoms. The predicted octanol–water partition coefficient (Wildman–Crippen LogP) is 1.57. The quantitative estimate of drug-likeness (QED) is 0.865. The van der Waals surface area contributed by atoms with Gasteiger partial charge in [0.15, 0.2) is 5.78 Å². The fourth-order valence-corrected chi connectivity index (χ4v) is 3.32. The standard InChI is InChI=1S/C18H21N3O3/c1-12(22)15-10-21(16-5-3-2-4-14(15)16)11-17(23)20-8-6-13(7-9-20)18(19)24/h2-5,10,13H,6-9,11H2,1H3,(H2,19,24). The number of hydrogen-bond donors (Lipinski definition) is 1. The molecule has 2 amide bonds. The van der Waals surface area contributed by atoms with Crippen LogP contribution in [0.25, 0.3) is 10.9 Å². The van der Waals surface area contributed by atoms with E-state index in [9.17, 15) is 14.4 Å². The molecule has 2 N–H and O–H groups in total. The monoisotopic (exact) mass is 327 g/mol. The number of rotatable bonds is 4. The van der Waals surface area contributed by atoms with E-state index < -0.39 is 0 Å². The van der Waals surface area contributed by atoms with Crippen molar-refractivity contribution in [3.05, 3.63) is 36.0 Å². The summed E-state index contributed by atoms with van der Waals surface area (Å²) in [4.78, 5) is 37.4. The molecule has 0 unspecified atom stereocenters. The van der Waals surface area contributed by atoms with Crippen molar-refractivity contribution in [2.24, 2.45) is 11.7 Å². The van der Waals surface area contributed by atoms with Gasteiger partial charge in [0.1, 0.15) is 6.54 Å². The van der Waals surface area contributed by atoms with Crippen LogP contribution in [-0.4, -0.2) is 40.2 Å². The number of para-hydroxylation sites is 1. The van der Waals surface area contributed by atoms with Crippen LogP contribution in [0.5, 0.6) is 0 Å². The van der Waals surface area contributed by atoms with Crippen molar-refractivity contribution in [2.45, 2.75) is 26.3 Å². The maximum Gasteiger partial charge on any atom is 0.242 e. The van der Waals surface area contributed by atoms with Gasteiger partial charge in [-0.3, -0.25) is 14.4 Å². The van der Waals surface area contributed by atoms with Gasteiger partial charge in [0.05, 0.1) is 0 Å². The summed E-state index contributed by atoms with van der Waals surface area (Å²) >= 11 is 0. The van der Waals surface area contributed by atoms with Crippen molar-refractivity contribution < 1.29 is 14.4 Å². The molecule has 0 saturated carbocycles. The zero-order valence-corrected chi connectivity index (χ0v) is 13.7. The van der Waals surface area contributed by atoms with E-state index in [0.717, 1.165) is 10.9 Å². The second kappa shape index (κ2) is 6.47. The van der Waals surface area contributed by atoms with Crippen molar-refractivity contribution in [1.82, 2.24) is 9.47 Å². The molecule has 6 heteroatoms. The van der Waals surface area contributed by atoms with Crippen molar-refractivity contribution in [3.63, 3.8) is 0 Å². The lowest BCUT2D eigenvalue weighted by atomic mass is 9.96. The third-order valence-corrected chi connectivity index (χ3v) is 4.72. The summed E-state index contributed by atoms with van der Waals surface area (Å²) in [5, 5.41) is 0.866. The molecule has 1 aromatic heterocycles. The van der Waals surface area contributed by atoms with Gasteiger partial charge in [-0.05, 0) is 25.8 Å². The van der Waals surface area contributed by atoms with Gasteiger partial charge in [0.2, 0.25) is 11.8 Å². The van der Waals surface area contributed by atoms with E-state index in [4.69, 9.17) is 5.73 Å². The van der Waals surface area contributed by atoms with Gasteiger partial charge in [-0.15, -0.1) is 0 Å². The smallest absolute Gasteiger partial charge is 0.242 e. The Labute approximate surface area is 140 Å². The number of likely N-dealkylation sites (tertiary alicyclic amines) is 1. The highest BCUT2D eigenvalue weighted by atomic mass is 16.2. The van der Waals surface area contributed by atoms with Crippen LogP contribution in [0, 0.1) is 5.92 Å². The van der Waals surface area contributed by atoms with Crippen LogP contribution >= 0.6 is 0 Å². The summed E-state index contributed by atoms with van der Waals surface area (Å²) < 4.78 is 1.83. The first-order valence-corrected chi connectivity index (χ1v) is 8.13. The number of ketones is 1. The molecule has 1 fully saturated rings. The number of nitrogens with zero attached hydrogens (tertiary/aromatic N) is 2. The number of aromatic nitrogens is 1. The molecule has 6 nitrogen and oxygen atoms in total. The Hall–Kier alpha value is -2.63. The Morgan fingerprint density at radius 2 is 1.83 bits per heavy atom. The second-order valence-electron chi connectivity index (χ2n) is 6.30. The molecule has 0 spiro atoms. The van der Waals surface area contributed by atoms with Crippen LogP contribution in [0.15, 0.2) is 30.5 Å². The molecular weight excluding hydrogens is 306 g/mol. The van der Waals surface area contributed by atoms with Crippen LogP contribution in [-0.2, 0) is 16.1 Å². The van der Waals surface area contributed by atoms with Gasteiger partial charge in [0, 0.05) is 41.7 Å². The highest BCUT2D eigenvalue weighted by molar-refractivity contribution is 6.07. The summed E-state index contributed by atoms with van der Waals surface area (Å²) in [6.45, 7) is 2.81. The Balaban J connectivity index is 1.77. The second-order valence-corrected chi connectivity index (χ2v) is 6.30. The van der Waals surface area contributed by atoms with Gasteiger partial charge < -0.3 is 15.2 Å². The maximum absolute atomic E-state index is 12.6. The molecule has 2 heterocycles. The Bertz CT molecular complexity index is 801. The normalized spacial score (nSPS) is 15.6. The molecule has 0 bridgehead atoms. The zero-order valence-electron chi connectivity index (χ0n) is 13.7. The van der Waals surface area contributed by atoms with Gasteiger partial charge in [-0.1, -0.05) is 18.2 Å². The van der Waals surface area contributed by atoms with Crippen LogP contribution in [0.1, 0.15) is 30.1 Å². The van der Waals surface area contributed by atoms with Crippen molar-refractivity contribution >= 4 is 28.5 Å². The van der Waals surface area contributed by atoms with E-state index in [0.29, 0.717) is 31.5 Å². The first-order valence-electron chi connectivity index (χ1n) is 8.13. The number of carbonyl (C=O) groups excluding carboxylic acids is 3. The van der Waals surface area contributed by atoms with Crippen LogP contribution in [0.3, 0.4) is 0 Å². The number of carbonyl (C=O) groups is 3. The number of nitrogens with two attached hydrogens (primary N) is 1. The molecule has 3 rings (SSSR count). The molecule has 0 radical (unpaired) electrons. The lowest BCUT2D eigenvalue weighted by Crippen LogP contribution is -2.42. The lowest BCUT2D eigenvalue weighted by molar-refractivity contribution is -0.135. The minimum atomic E-state index is -0.287. The van der Waals surface area contributed by atoms with E-state index in [2.05, 4.69) is 0 Å². The number of primary amides is 1. The third-order valence-electron chi connectivity index (χ3n) is 4.72. The molecule has 1 aliphatic heterocycles. The van der Waals surface area contributed by atoms with Crippen molar-refractivity contribution in [1.29, 1.82) is 0 Å². The first kappa shape index (κ1) is 16.2.